The van der Waals surface area contributed by atoms with Crippen molar-refractivity contribution in [1.82, 2.24) is 0 Å². The van der Waals surface area contributed by atoms with Crippen molar-refractivity contribution in [3.8, 4) is 0 Å². The van der Waals surface area contributed by atoms with Crippen molar-refractivity contribution < 1.29 is 4.79 Å². The average molecular weight is 470 g/mol. The summed E-state index contributed by atoms with van der Waals surface area (Å²) in [5.74, 6) is 0.209. The van der Waals surface area contributed by atoms with E-state index in [4.69, 9.17) is 34.8 Å². The van der Waals surface area contributed by atoms with Crippen LogP contribution in [0.5, 0.6) is 0 Å². The molecule has 0 fully saturated rings. The molecule has 2 aliphatic rings. The van der Waals surface area contributed by atoms with E-state index in [1.165, 1.54) is 0 Å². The van der Waals surface area contributed by atoms with Gasteiger partial charge in [-0.1, -0.05) is 65.1 Å². The maximum absolute atomic E-state index is 13.5. The number of para-hydroxylation sites is 2. The highest BCUT2D eigenvalue weighted by atomic mass is 35.5. The smallest absolute Gasteiger partial charge is 0.163 e. The molecule has 156 valence electrons. The van der Waals surface area contributed by atoms with Crippen molar-refractivity contribution in [1.29, 1.82) is 0 Å². The van der Waals surface area contributed by atoms with Gasteiger partial charge in [0.25, 0.3) is 0 Å². The molecule has 3 nitrogen and oxygen atoms in total. The topological polar surface area (TPSA) is 41.1 Å². The zero-order chi connectivity index (χ0) is 21.5. The molecule has 31 heavy (non-hydrogen) atoms. The minimum Gasteiger partial charge on any atom is -0.372 e. The van der Waals surface area contributed by atoms with Gasteiger partial charge in [-0.2, -0.15) is 0 Å². The predicted octanol–water partition coefficient (Wildman–Crippen LogP) is 7.63. The first-order valence-corrected chi connectivity index (χ1v) is 11.2. The van der Waals surface area contributed by atoms with Gasteiger partial charge in [0.2, 0.25) is 0 Å². The highest BCUT2D eigenvalue weighted by Crippen LogP contribution is 2.44. The number of carbonyl (C=O) groups excluding carboxylic acids is 1. The lowest BCUT2D eigenvalue weighted by atomic mass is 9.78. The van der Waals surface area contributed by atoms with Crippen molar-refractivity contribution in [3.63, 3.8) is 0 Å². The van der Waals surface area contributed by atoms with Gasteiger partial charge in [0.15, 0.2) is 5.78 Å². The lowest BCUT2D eigenvalue weighted by Crippen LogP contribution is -2.26. The maximum Gasteiger partial charge on any atom is 0.163 e. The molecular weight excluding hydrogens is 451 g/mol. The highest BCUT2D eigenvalue weighted by Gasteiger charge is 2.36. The number of nitrogens with one attached hydrogen (secondary N) is 2. The minimum absolute atomic E-state index is 0.0933. The number of Topliss-reactive ketones (excluding diaryl/α,β-unsaturated/α-hetero) is 1. The second kappa shape index (κ2) is 8.23. The standard InChI is InChI=1S/C25H19Cl3N2O/c26-17-8-5-14(6-9-17)16-12-22-24(23(31)13-16)25(15-7-10-18(27)19(28)11-15)30-21-4-2-1-3-20(21)29-22/h1-11,16,25,29-30H,12-13H2/t16-,25-/m1/s1. The molecule has 0 saturated heterocycles. The van der Waals surface area contributed by atoms with Crippen molar-refractivity contribution >= 4 is 52.0 Å². The van der Waals surface area contributed by atoms with Gasteiger partial charge in [-0.15, -0.1) is 0 Å². The van der Waals surface area contributed by atoms with E-state index in [0.717, 1.165) is 40.2 Å². The van der Waals surface area contributed by atoms with E-state index in [9.17, 15) is 4.79 Å². The molecular formula is C25H19Cl3N2O. The van der Waals surface area contributed by atoms with E-state index in [1.807, 2.05) is 60.7 Å². The van der Waals surface area contributed by atoms with Crippen LogP contribution in [0.25, 0.3) is 0 Å². The second-order valence-electron chi connectivity index (χ2n) is 7.89. The van der Waals surface area contributed by atoms with Crippen LogP contribution in [0.1, 0.15) is 35.9 Å². The molecule has 0 aromatic heterocycles. The summed E-state index contributed by atoms with van der Waals surface area (Å²) in [6.45, 7) is 0. The molecule has 0 radical (unpaired) electrons. The Morgan fingerprint density at radius 2 is 1.48 bits per heavy atom. The third kappa shape index (κ3) is 3.94. The van der Waals surface area contributed by atoms with Gasteiger partial charge in [-0.3, -0.25) is 4.79 Å². The van der Waals surface area contributed by atoms with Crippen LogP contribution in [0.4, 0.5) is 11.4 Å². The number of allylic oxidation sites excluding steroid dienone is 1. The molecule has 3 aromatic carbocycles. The number of carbonyl (C=O) groups is 1. The largest absolute Gasteiger partial charge is 0.372 e. The van der Waals surface area contributed by atoms with Crippen LogP contribution >= 0.6 is 34.8 Å². The van der Waals surface area contributed by atoms with Gasteiger partial charge in [0, 0.05) is 22.7 Å². The molecule has 0 spiro atoms. The Bertz CT molecular complexity index is 1200. The molecule has 1 aliphatic heterocycles. The quantitative estimate of drug-likeness (QED) is 0.405. The van der Waals surface area contributed by atoms with Crippen LogP contribution in [0.3, 0.4) is 0 Å². The van der Waals surface area contributed by atoms with Crippen LogP contribution in [0, 0.1) is 0 Å². The number of anilines is 2. The fourth-order valence-electron chi connectivity index (χ4n) is 4.40. The summed E-state index contributed by atoms with van der Waals surface area (Å²) in [7, 11) is 0. The number of halogens is 3. The number of ketones is 1. The zero-order valence-electron chi connectivity index (χ0n) is 16.5. The first-order chi connectivity index (χ1) is 15.0. The highest BCUT2D eigenvalue weighted by molar-refractivity contribution is 6.42. The SMILES string of the molecule is O=C1C[C@H](c2ccc(Cl)cc2)CC2=C1[C@@H](c1ccc(Cl)c(Cl)c1)Nc1ccccc1N2. The van der Waals surface area contributed by atoms with Crippen LogP contribution in [-0.2, 0) is 4.79 Å². The van der Waals surface area contributed by atoms with Gasteiger partial charge in [0.05, 0.1) is 27.5 Å². The van der Waals surface area contributed by atoms with Gasteiger partial charge >= 0.3 is 0 Å². The molecule has 0 unspecified atom stereocenters. The van der Waals surface area contributed by atoms with Crippen LogP contribution < -0.4 is 10.6 Å². The average Bonchev–Trinajstić information content (AvgIpc) is 2.93. The second-order valence-corrected chi connectivity index (χ2v) is 9.14. The monoisotopic (exact) mass is 468 g/mol. The summed E-state index contributed by atoms with van der Waals surface area (Å²) >= 11 is 18.5. The van der Waals surface area contributed by atoms with Gasteiger partial charge in [-0.05, 0) is 59.9 Å². The summed E-state index contributed by atoms with van der Waals surface area (Å²) in [5, 5.41) is 8.74. The number of fused-ring (bicyclic) bond motifs is 1. The number of benzene rings is 3. The van der Waals surface area contributed by atoms with Crippen molar-refractivity contribution in [2.45, 2.75) is 24.8 Å². The summed E-state index contributed by atoms with van der Waals surface area (Å²) < 4.78 is 0. The lowest BCUT2D eigenvalue weighted by Gasteiger charge is -2.30. The van der Waals surface area contributed by atoms with E-state index < -0.39 is 0 Å². The Kier molecular flexibility index (Phi) is 5.43. The molecule has 0 bridgehead atoms. The van der Waals surface area contributed by atoms with Crippen LogP contribution in [0.2, 0.25) is 15.1 Å². The molecule has 0 saturated carbocycles. The van der Waals surface area contributed by atoms with Crippen LogP contribution in [0.15, 0.2) is 78.0 Å². The molecule has 0 amide bonds. The van der Waals surface area contributed by atoms with Gasteiger partial charge in [0.1, 0.15) is 0 Å². The van der Waals surface area contributed by atoms with Gasteiger partial charge < -0.3 is 10.6 Å². The Morgan fingerprint density at radius 3 is 2.23 bits per heavy atom. The Balaban J connectivity index is 1.61. The van der Waals surface area contributed by atoms with E-state index in [-0.39, 0.29) is 17.7 Å². The lowest BCUT2D eigenvalue weighted by molar-refractivity contribution is -0.116. The third-order valence-corrected chi connectivity index (χ3v) is 6.92. The number of hydrogen-bond donors (Lipinski definition) is 2. The predicted molar refractivity (Wildman–Crippen MR) is 128 cm³/mol. The number of rotatable bonds is 2. The Hall–Kier alpha value is -2.46. The van der Waals surface area contributed by atoms with Crippen molar-refractivity contribution in [2.75, 3.05) is 10.6 Å². The van der Waals surface area contributed by atoms with Crippen molar-refractivity contribution in [2.24, 2.45) is 0 Å². The molecule has 6 heteroatoms. The van der Waals surface area contributed by atoms with E-state index in [2.05, 4.69) is 10.6 Å². The minimum atomic E-state index is -0.320. The normalized spacial score (nSPS) is 20.3. The molecule has 1 aliphatic carbocycles. The molecule has 3 aromatic rings. The third-order valence-electron chi connectivity index (χ3n) is 5.93. The first-order valence-electron chi connectivity index (χ1n) is 10.1. The van der Waals surface area contributed by atoms with E-state index in [0.29, 0.717) is 21.5 Å². The zero-order valence-corrected chi connectivity index (χ0v) is 18.7. The summed E-state index contributed by atoms with van der Waals surface area (Å²) in [4.78, 5) is 13.5. The van der Waals surface area contributed by atoms with Crippen molar-refractivity contribution in [3.05, 3.63) is 104 Å². The summed E-state index contributed by atoms with van der Waals surface area (Å²) in [5.41, 5.74) is 5.58. The molecule has 1 heterocycles. The van der Waals surface area contributed by atoms with Gasteiger partial charge in [-0.25, -0.2) is 0 Å². The fourth-order valence-corrected chi connectivity index (χ4v) is 4.84. The molecule has 5 rings (SSSR count). The van der Waals surface area contributed by atoms with E-state index >= 15 is 0 Å². The number of hydrogen-bond acceptors (Lipinski definition) is 3. The summed E-state index contributed by atoms with van der Waals surface area (Å²) in [6, 6.07) is 20.9. The maximum atomic E-state index is 13.5. The van der Waals surface area contributed by atoms with E-state index in [1.54, 1.807) is 6.07 Å². The summed E-state index contributed by atoms with van der Waals surface area (Å²) in [6.07, 6.45) is 1.18. The fraction of sp³-hybridized carbons (Fsp3) is 0.160. The Morgan fingerprint density at radius 1 is 0.774 bits per heavy atom. The molecule has 2 atom stereocenters. The first kappa shape index (κ1) is 20.4. The Labute approximate surface area is 196 Å². The van der Waals surface area contributed by atoms with Crippen LogP contribution in [-0.4, -0.2) is 5.78 Å². The molecule has 2 N–H and O–H groups in total.